The van der Waals surface area contributed by atoms with Crippen LogP contribution in [0.4, 0.5) is 24.0 Å². The molecular formula is C10H6BrF3N2S. The van der Waals surface area contributed by atoms with Crippen molar-refractivity contribution in [1.82, 2.24) is 4.98 Å². The fraction of sp³-hybridized carbons (Fsp3) is 0.100. The average molecular weight is 323 g/mol. The Labute approximate surface area is 108 Å². The van der Waals surface area contributed by atoms with Crippen LogP contribution in [0, 0.1) is 0 Å². The summed E-state index contributed by atoms with van der Waals surface area (Å²) in [4.78, 5) is 3.47. The predicted molar refractivity (Wildman–Crippen MR) is 64.5 cm³/mol. The van der Waals surface area contributed by atoms with Gasteiger partial charge in [-0.3, -0.25) is 0 Å². The molecule has 0 saturated carbocycles. The second kappa shape index (κ2) is 4.66. The number of nitrogens with one attached hydrogen (secondary N) is 1. The molecule has 0 fully saturated rings. The van der Waals surface area contributed by atoms with Crippen LogP contribution in [-0.2, 0) is 6.18 Å². The van der Waals surface area contributed by atoms with Gasteiger partial charge in [0.25, 0.3) is 0 Å². The second-order valence-electron chi connectivity index (χ2n) is 3.17. The molecule has 0 aliphatic carbocycles. The van der Waals surface area contributed by atoms with Crippen molar-refractivity contribution in [3.8, 4) is 0 Å². The van der Waals surface area contributed by atoms with Crippen LogP contribution in [0.25, 0.3) is 0 Å². The van der Waals surface area contributed by atoms with Crippen molar-refractivity contribution in [1.29, 1.82) is 0 Å². The van der Waals surface area contributed by atoms with Crippen molar-refractivity contribution >= 4 is 38.1 Å². The minimum atomic E-state index is -4.40. The van der Waals surface area contributed by atoms with E-state index in [1.54, 1.807) is 18.2 Å². The van der Waals surface area contributed by atoms with Crippen molar-refractivity contribution in [2.45, 2.75) is 6.18 Å². The monoisotopic (exact) mass is 322 g/mol. The topological polar surface area (TPSA) is 24.9 Å². The van der Waals surface area contributed by atoms with Gasteiger partial charge in [0.2, 0.25) is 0 Å². The van der Waals surface area contributed by atoms with Gasteiger partial charge in [-0.2, -0.15) is 13.2 Å². The highest BCUT2D eigenvalue weighted by Crippen LogP contribution is 2.32. The van der Waals surface area contributed by atoms with Crippen molar-refractivity contribution < 1.29 is 13.2 Å². The number of rotatable bonds is 2. The van der Waals surface area contributed by atoms with Gasteiger partial charge in [-0.15, -0.1) is 11.3 Å². The van der Waals surface area contributed by atoms with E-state index in [1.165, 1.54) is 0 Å². The van der Waals surface area contributed by atoms with Crippen LogP contribution in [0.3, 0.4) is 0 Å². The highest BCUT2D eigenvalue weighted by molar-refractivity contribution is 9.10. The van der Waals surface area contributed by atoms with E-state index in [1.807, 2.05) is 6.07 Å². The number of anilines is 2. The summed E-state index contributed by atoms with van der Waals surface area (Å²) >= 11 is 4.20. The van der Waals surface area contributed by atoms with Crippen LogP contribution in [0.1, 0.15) is 5.69 Å². The molecule has 7 heteroatoms. The summed E-state index contributed by atoms with van der Waals surface area (Å²) < 4.78 is 37.8. The number of halogens is 4. The maximum absolute atomic E-state index is 12.3. The number of alkyl halides is 3. The summed E-state index contributed by atoms with van der Waals surface area (Å²) in [6.07, 6.45) is -4.40. The lowest BCUT2D eigenvalue weighted by atomic mass is 10.3. The van der Waals surface area contributed by atoms with Gasteiger partial charge in [0.05, 0.1) is 0 Å². The molecule has 0 spiro atoms. The second-order valence-corrected chi connectivity index (χ2v) is 4.94. The predicted octanol–water partition coefficient (Wildman–Crippen LogP) is 4.67. The third kappa shape index (κ3) is 3.19. The molecule has 2 rings (SSSR count). The Morgan fingerprint density at radius 3 is 2.65 bits per heavy atom. The number of nitrogens with zero attached hydrogens (tertiary/aromatic N) is 1. The van der Waals surface area contributed by atoms with Gasteiger partial charge in [0, 0.05) is 15.5 Å². The Kier molecular flexibility index (Phi) is 3.39. The van der Waals surface area contributed by atoms with E-state index < -0.39 is 11.9 Å². The minimum absolute atomic E-state index is 0.218. The molecule has 0 unspecified atom stereocenters. The fourth-order valence-corrected chi connectivity index (χ4v) is 2.29. The van der Waals surface area contributed by atoms with Gasteiger partial charge in [-0.05, 0) is 18.2 Å². The Balaban J connectivity index is 2.17. The number of thiazole rings is 1. The highest BCUT2D eigenvalue weighted by Gasteiger charge is 2.33. The molecule has 2 aromatic rings. The van der Waals surface area contributed by atoms with Gasteiger partial charge in [-0.1, -0.05) is 22.0 Å². The van der Waals surface area contributed by atoms with Crippen LogP contribution >= 0.6 is 27.3 Å². The smallest absolute Gasteiger partial charge is 0.332 e. The standard InChI is InChI=1S/C10H6BrF3N2S/c11-6-2-1-3-7(4-6)15-9-16-8(5-17-9)10(12,13)14/h1-5H,(H,15,16). The zero-order valence-corrected chi connectivity index (χ0v) is 10.7. The van der Waals surface area contributed by atoms with Crippen LogP contribution < -0.4 is 5.32 Å². The van der Waals surface area contributed by atoms with Gasteiger partial charge < -0.3 is 5.32 Å². The molecule has 0 aliphatic rings. The molecule has 90 valence electrons. The molecule has 0 aliphatic heterocycles. The van der Waals surface area contributed by atoms with Crippen LogP contribution in [-0.4, -0.2) is 4.98 Å². The van der Waals surface area contributed by atoms with E-state index >= 15 is 0 Å². The van der Waals surface area contributed by atoms with Crippen molar-refractivity contribution in [2.24, 2.45) is 0 Å². The molecule has 0 atom stereocenters. The first-order valence-corrected chi connectivity index (χ1v) is 6.18. The molecule has 2 nitrogen and oxygen atoms in total. The maximum atomic E-state index is 12.3. The third-order valence-electron chi connectivity index (χ3n) is 1.87. The first-order chi connectivity index (χ1) is 7.95. The van der Waals surface area contributed by atoms with Crippen molar-refractivity contribution in [2.75, 3.05) is 5.32 Å². The third-order valence-corrected chi connectivity index (χ3v) is 3.12. The lowest BCUT2D eigenvalue weighted by Gasteiger charge is -2.03. The van der Waals surface area contributed by atoms with E-state index in [-0.39, 0.29) is 5.13 Å². The lowest BCUT2D eigenvalue weighted by Crippen LogP contribution is -2.05. The number of aromatic nitrogens is 1. The van der Waals surface area contributed by atoms with Gasteiger partial charge >= 0.3 is 6.18 Å². The summed E-state index contributed by atoms with van der Waals surface area (Å²) in [5.74, 6) is 0. The Morgan fingerprint density at radius 1 is 1.29 bits per heavy atom. The lowest BCUT2D eigenvalue weighted by molar-refractivity contribution is -0.140. The molecule has 0 radical (unpaired) electrons. The molecule has 1 aromatic carbocycles. The summed E-state index contributed by atoms with van der Waals surface area (Å²) in [7, 11) is 0. The van der Waals surface area contributed by atoms with E-state index in [9.17, 15) is 13.2 Å². The van der Waals surface area contributed by atoms with E-state index in [0.29, 0.717) is 5.69 Å². The molecule has 1 heterocycles. The highest BCUT2D eigenvalue weighted by atomic mass is 79.9. The van der Waals surface area contributed by atoms with Crippen molar-refractivity contribution in [3.05, 3.63) is 39.8 Å². The van der Waals surface area contributed by atoms with Gasteiger partial charge in [-0.25, -0.2) is 4.98 Å². The maximum Gasteiger partial charge on any atom is 0.434 e. The molecule has 1 N–H and O–H groups in total. The first-order valence-electron chi connectivity index (χ1n) is 4.50. The fourth-order valence-electron chi connectivity index (χ4n) is 1.15. The number of benzene rings is 1. The Morgan fingerprint density at radius 2 is 2.06 bits per heavy atom. The van der Waals surface area contributed by atoms with E-state index in [0.717, 1.165) is 21.2 Å². The normalized spacial score (nSPS) is 11.5. The molecule has 1 aromatic heterocycles. The quantitative estimate of drug-likeness (QED) is 0.869. The van der Waals surface area contributed by atoms with Crippen LogP contribution in [0.5, 0.6) is 0 Å². The number of hydrogen-bond acceptors (Lipinski definition) is 3. The first kappa shape index (κ1) is 12.4. The largest absolute Gasteiger partial charge is 0.434 e. The zero-order chi connectivity index (χ0) is 12.5. The average Bonchev–Trinajstić information content (AvgIpc) is 2.65. The van der Waals surface area contributed by atoms with Crippen molar-refractivity contribution in [3.63, 3.8) is 0 Å². The summed E-state index contributed by atoms with van der Waals surface area (Å²) in [6, 6.07) is 7.12. The Bertz CT molecular complexity index is 524. The molecule has 0 amide bonds. The summed E-state index contributed by atoms with van der Waals surface area (Å²) in [6.45, 7) is 0. The molecule has 0 bridgehead atoms. The number of hydrogen-bond donors (Lipinski definition) is 1. The minimum Gasteiger partial charge on any atom is -0.332 e. The SMILES string of the molecule is FC(F)(F)c1csc(Nc2cccc(Br)c2)n1. The summed E-state index contributed by atoms with van der Waals surface area (Å²) in [5.41, 5.74) is -0.192. The van der Waals surface area contributed by atoms with Gasteiger partial charge in [0.1, 0.15) is 0 Å². The Hall–Kier alpha value is -1.08. The summed E-state index contributed by atoms with van der Waals surface area (Å²) in [5, 5.41) is 4.02. The zero-order valence-electron chi connectivity index (χ0n) is 8.25. The molecule has 0 saturated heterocycles. The molecule has 17 heavy (non-hydrogen) atoms. The molecular weight excluding hydrogens is 317 g/mol. The van der Waals surface area contributed by atoms with Crippen LogP contribution in [0.2, 0.25) is 0 Å². The van der Waals surface area contributed by atoms with E-state index in [4.69, 9.17) is 0 Å². The van der Waals surface area contributed by atoms with E-state index in [2.05, 4.69) is 26.2 Å². The van der Waals surface area contributed by atoms with Gasteiger partial charge in [0.15, 0.2) is 10.8 Å². The van der Waals surface area contributed by atoms with Crippen LogP contribution in [0.15, 0.2) is 34.1 Å².